The summed E-state index contributed by atoms with van der Waals surface area (Å²) in [5.41, 5.74) is 2.42. The molecule has 0 aliphatic heterocycles. The van der Waals surface area contributed by atoms with Crippen molar-refractivity contribution < 1.29 is 23.1 Å². The number of ether oxygens (including phenoxy) is 1. The molecule has 0 atom stereocenters. The Morgan fingerprint density at radius 1 is 1.03 bits per heavy atom. The number of halogens is 1. The lowest BCUT2D eigenvalue weighted by atomic mass is 10.0. The topological polar surface area (TPSA) is 68.5 Å². The Morgan fingerprint density at radius 2 is 1.76 bits per heavy atom. The van der Waals surface area contributed by atoms with E-state index in [0.29, 0.717) is 28.2 Å². The van der Waals surface area contributed by atoms with Gasteiger partial charge >= 0.3 is 0 Å². The Hall–Kier alpha value is -3.93. The Labute approximate surface area is 191 Å². The van der Waals surface area contributed by atoms with E-state index in [2.05, 4.69) is 19.2 Å². The Balaban J connectivity index is 1.57. The van der Waals surface area contributed by atoms with Crippen molar-refractivity contribution in [3.8, 4) is 5.75 Å². The molecular weight excluding hydrogens is 421 g/mol. The summed E-state index contributed by atoms with van der Waals surface area (Å²) in [4.78, 5) is 25.8. The van der Waals surface area contributed by atoms with Gasteiger partial charge in [0.25, 0.3) is 5.91 Å². The summed E-state index contributed by atoms with van der Waals surface area (Å²) in [5.74, 6) is -0.551. The molecule has 0 bridgehead atoms. The Kier molecular flexibility index (Phi) is 6.27. The number of nitrogens with one attached hydrogen (secondary N) is 1. The molecule has 1 amide bonds. The minimum atomic E-state index is -0.523. The van der Waals surface area contributed by atoms with Gasteiger partial charge in [0, 0.05) is 10.9 Å². The maximum Gasteiger partial charge on any atom is 0.262 e. The number of fused-ring (bicyclic) bond motifs is 1. The van der Waals surface area contributed by atoms with Crippen LogP contribution in [0.4, 0.5) is 10.1 Å². The number of ketones is 1. The van der Waals surface area contributed by atoms with Crippen molar-refractivity contribution in [3.63, 3.8) is 0 Å². The normalized spacial score (nSPS) is 11.1. The maximum absolute atomic E-state index is 14.0. The summed E-state index contributed by atoms with van der Waals surface area (Å²) >= 11 is 0. The average molecular weight is 445 g/mol. The summed E-state index contributed by atoms with van der Waals surface area (Å²) in [7, 11) is 0. The number of hydrogen-bond acceptors (Lipinski definition) is 4. The van der Waals surface area contributed by atoms with Crippen LogP contribution in [-0.4, -0.2) is 18.3 Å². The molecule has 33 heavy (non-hydrogen) atoms. The minimum absolute atomic E-state index is 0.0610. The number of furan rings is 1. The summed E-state index contributed by atoms with van der Waals surface area (Å²) in [6.07, 6.45) is 0. The van der Waals surface area contributed by atoms with Crippen LogP contribution in [0.15, 0.2) is 71.1 Å². The highest BCUT2D eigenvalue weighted by atomic mass is 19.1. The van der Waals surface area contributed by atoms with Crippen LogP contribution in [0.2, 0.25) is 0 Å². The highest BCUT2D eigenvalue weighted by Crippen LogP contribution is 2.32. The third-order valence-corrected chi connectivity index (χ3v) is 5.42. The predicted octanol–water partition coefficient (Wildman–Crippen LogP) is 6.25. The number of anilines is 1. The van der Waals surface area contributed by atoms with Gasteiger partial charge in [0.15, 0.2) is 12.4 Å². The van der Waals surface area contributed by atoms with E-state index in [1.54, 1.807) is 31.2 Å². The lowest BCUT2D eigenvalue weighted by Gasteiger charge is -2.10. The molecule has 6 heteroatoms. The molecule has 0 saturated heterocycles. The molecule has 0 spiro atoms. The van der Waals surface area contributed by atoms with Gasteiger partial charge in [0.1, 0.15) is 17.1 Å². The smallest absolute Gasteiger partial charge is 0.262 e. The molecule has 5 nitrogen and oxygen atoms in total. The Morgan fingerprint density at radius 3 is 2.45 bits per heavy atom. The second-order valence-corrected chi connectivity index (χ2v) is 8.16. The third-order valence-electron chi connectivity index (χ3n) is 5.42. The highest BCUT2D eigenvalue weighted by molar-refractivity contribution is 6.17. The lowest BCUT2D eigenvalue weighted by molar-refractivity contribution is -0.118. The fourth-order valence-electron chi connectivity index (χ4n) is 3.47. The molecule has 1 heterocycles. The number of aryl methyl sites for hydroxylation is 1. The van der Waals surface area contributed by atoms with Gasteiger partial charge in [-0.1, -0.05) is 50.2 Å². The number of hydrogen-bond donors (Lipinski definition) is 1. The van der Waals surface area contributed by atoms with Gasteiger partial charge in [-0.25, -0.2) is 4.39 Å². The number of carbonyl (C=O) groups is 2. The van der Waals surface area contributed by atoms with E-state index in [4.69, 9.17) is 9.15 Å². The van der Waals surface area contributed by atoms with Crippen LogP contribution in [-0.2, 0) is 4.79 Å². The van der Waals surface area contributed by atoms with Crippen LogP contribution in [0.1, 0.15) is 47.0 Å². The van der Waals surface area contributed by atoms with Crippen molar-refractivity contribution in [2.75, 3.05) is 11.9 Å². The molecule has 3 aromatic carbocycles. The molecule has 1 N–H and O–H groups in total. The van der Waals surface area contributed by atoms with Gasteiger partial charge < -0.3 is 14.5 Å². The molecule has 0 unspecified atom stereocenters. The van der Waals surface area contributed by atoms with Crippen molar-refractivity contribution in [2.45, 2.75) is 26.7 Å². The van der Waals surface area contributed by atoms with Crippen LogP contribution in [0.3, 0.4) is 0 Å². The summed E-state index contributed by atoms with van der Waals surface area (Å²) in [5, 5.41) is 3.31. The first-order valence-corrected chi connectivity index (χ1v) is 10.7. The number of amides is 1. The minimum Gasteiger partial charge on any atom is -0.484 e. The number of para-hydroxylation sites is 1. The first-order chi connectivity index (χ1) is 15.8. The van der Waals surface area contributed by atoms with Crippen LogP contribution in [0, 0.1) is 12.7 Å². The molecule has 0 aliphatic rings. The maximum atomic E-state index is 14.0. The molecule has 0 radical (unpaired) electrons. The van der Waals surface area contributed by atoms with Crippen molar-refractivity contribution >= 4 is 28.3 Å². The van der Waals surface area contributed by atoms with E-state index in [9.17, 15) is 14.0 Å². The highest BCUT2D eigenvalue weighted by Gasteiger charge is 2.24. The zero-order chi connectivity index (χ0) is 23.5. The van der Waals surface area contributed by atoms with Crippen molar-refractivity contribution in [1.29, 1.82) is 0 Å². The second kappa shape index (κ2) is 9.28. The molecule has 1 aromatic heterocycles. The van der Waals surface area contributed by atoms with Crippen molar-refractivity contribution in [3.05, 3.63) is 95.0 Å². The van der Waals surface area contributed by atoms with E-state index in [1.165, 1.54) is 23.8 Å². The van der Waals surface area contributed by atoms with E-state index < -0.39 is 17.5 Å². The third kappa shape index (κ3) is 4.80. The van der Waals surface area contributed by atoms with E-state index in [1.807, 2.05) is 24.3 Å². The van der Waals surface area contributed by atoms with Gasteiger partial charge in [-0.15, -0.1) is 0 Å². The molecule has 0 aliphatic carbocycles. The largest absolute Gasteiger partial charge is 0.484 e. The second-order valence-electron chi connectivity index (χ2n) is 8.16. The monoisotopic (exact) mass is 445 g/mol. The van der Waals surface area contributed by atoms with Gasteiger partial charge in [-0.3, -0.25) is 9.59 Å². The molecule has 168 valence electrons. The standard InChI is InChI=1S/C27H24FNO4/c1-16(2)18-10-12-20(13-11-18)32-15-24(30)29-25-21-6-4-5-7-23(21)33-27(25)26(31)19-9-8-17(3)22(28)14-19/h4-14,16H,15H2,1-3H3,(H,29,30). The number of rotatable bonds is 7. The summed E-state index contributed by atoms with van der Waals surface area (Å²) < 4.78 is 25.4. The van der Waals surface area contributed by atoms with Crippen LogP contribution in [0.25, 0.3) is 11.0 Å². The van der Waals surface area contributed by atoms with E-state index >= 15 is 0 Å². The first-order valence-electron chi connectivity index (χ1n) is 10.7. The predicted molar refractivity (Wildman–Crippen MR) is 125 cm³/mol. The fraction of sp³-hybridized carbons (Fsp3) is 0.185. The SMILES string of the molecule is Cc1ccc(C(=O)c2oc3ccccc3c2NC(=O)COc2ccc(C(C)C)cc2)cc1F. The van der Waals surface area contributed by atoms with Crippen molar-refractivity contribution in [2.24, 2.45) is 0 Å². The molecule has 4 rings (SSSR count). The Bertz CT molecular complexity index is 1320. The fourth-order valence-corrected chi connectivity index (χ4v) is 3.47. The molecule has 0 fully saturated rings. The van der Waals surface area contributed by atoms with Gasteiger partial charge in [-0.2, -0.15) is 0 Å². The van der Waals surface area contributed by atoms with Crippen LogP contribution >= 0.6 is 0 Å². The van der Waals surface area contributed by atoms with E-state index in [-0.39, 0.29) is 23.6 Å². The van der Waals surface area contributed by atoms with Crippen LogP contribution in [0.5, 0.6) is 5.75 Å². The van der Waals surface area contributed by atoms with Gasteiger partial charge in [0.2, 0.25) is 5.78 Å². The zero-order valence-corrected chi connectivity index (χ0v) is 18.6. The molecule has 4 aromatic rings. The van der Waals surface area contributed by atoms with Crippen molar-refractivity contribution in [1.82, 2.24) is 0 Å². The number of benzene rings is 3. The molecular formula is C27H24FNO4. The van der Waals surface area contributed by atoms with Crippen LogP contribution < -0.4 is 10.1 Å². The average Bonchev–Trinajstić information content (AvgIpc) is 3.17. The quantitative estimate of drug-likeness (QED) is 0.341. The number of carbonyl (C=O) groups excluding carboxylic acids is 2. The van der Waals surface area contributed by atoms with E-state index in [0.717, 1.165) is 0 Å². The summed E-state index contributed by atoms with van der Waals surface area (Å²) in [6.45, 7) is 5.57. The lowest BCUT2D eigenvalue weighted by Crippen LogP contribution is -2.21. The zero-order valence-electron chi connectivity index (χ0n) is 18.6. The summed E-state index contributed by atoms with van der Waals surface area (Å²) in [6, 6.07) is 18.8. The first kappa shape index (κ1) is 22.3. The molecule has 0 saturated carbocycles. The van der Waals surface area contributed by atoms with Gasteiger partial charge in [-0.05, 0) is 54.3 Å². The van der Waals surface area contributed by atoms with Gasteiger partial charge in [0.05, 0.1) is 5.69 Å².